The molecule has 0 heterocycles. The molecule has 2 aromatic rings. The number of carbonyl (C=O) groups is 2. The fraction of sp³-hybridized carbons (Fsp3) is 0. The van der Waals surface area contributed by atoms with E-state index in [1.807, 2.05) is 0 Å². The van der Waals surface area contributed by atoms with Gasteiger partial charge in [0.1, 0.15) is 5.75 Å². The molecule has 0 saturated carbocycles. The van der Waals surface area contributed by atoms with E-state index in [-0.39, 0.29) is 17.0 Å². The van der Waals surface area contributed by atoms with Crippen molar-refractivity contribution < 1.29 is 19.8 Å². The summed E-state index contributed by atoms with van der Waals surface area (Å²) in [5.41, 5.74) is 1.02. The predicted octanol–water partition coefficient (Wildman–Crippen LogP) is 2.74. The van der Waals surface area contributed by atoms with E-state index < -0.39 is 11.9 Å². The third-order valence-corrected chi connectivity index (χ3v) is 2.74. The number of nitrogens with one attached hydrogen (secondary N) is 1. The number of phenolic OH excluding ortho intramolecular Hbond substituents is 1. The molecule has 106 valence electrons. The van der Waals surface area contributed by atoms with E-state index >= 15 is 0 Å². The fourth-order valence-electron chi connectivity index (χ4n) is 1.71. The van der Waals surface area contributed by atoms with Crippen LogP contribution in [-0.2, 0) is 4.79 Å². The van der Waals surface area contributed by atoms with Crippen LogP contribution in [0, 0.1) is 0 Å². The minimum Gasteiger partial charge on any atom is -0.508 e. The number of phenols is 1. The van der Waals surface area contributed by atoms with Gasteiger partial charge in [-0.3, -0.25) is 4.79 Å². The summed E-state index contributed by atoms with van der Waals surface area (Å²) >= 11 is 0. The normalized spacial score (nSPS) is 10.5. The molecule has 2 aromatic carbocycles. The first-order valence-electron chi connectivity index (χ1n) is 6.16. The summed E-state index contributed by atoms with van der Waals surface area (Å²) in [6.45, 7) is 0. The van der Waals surface area contributed by atoms with Crippen molar-refractivity contribution in [2.75, 3.05) is 5.32 Å². The van der Waals surface area contributed by atoms with E-state index in [0.717, 1.165) is 5.56 Å². The van der Waals surface area contributed by atoms with Crippen LogP contribution in [0.3, 0.4) is 0 Å². The monoisotopic (exact) mass is 283 g/mol. The average molecular weight is 283 g/mol. The van der Waals surface area contributed by atoms with Gasteiger partial charge in [-0.2, -0.15) is 0 Å². The van der Waals surface area contributed by atoms with Crippen LogP contribution < -0.4 is 5.32 Å². The Balaban J connectivity index is 2.08. The number of hydrogen-bond donors (Lipinski definition) is 3. The standard InChI is InChI=1S/C16H13NO4/c18-12-8-5-11(6-9-12)7-10-15(19)17-14-4-2-1-3-13(14)16(20)21/h1-10,18H,(H,17,19)(H,20,21)/b10-7-. The molecule has 0 fully saturated rings. The van der Waals surface area contributed by atoms with E-state index in [1.54, 1.807) is 30.3 Å². The van der Waals surface area contributed by atoms with Gasteiger partial charge in [0.05, 0.1) is 11.3 Å². The summed E-state index contributed by atoms with van der Waals surface area (Å²) in [4.78, 5) is 22.8. The zero-order chi connectivity index (χ0) is 15.2. The molecule has 0 aliphatic rings. The van der Waals surface area contributed by atoms with Crippen molar-refractivity contribution in [2.24, 2.45) is 0 Å². The second-order valence-corrected chi connectivity index (χ2v) is 4.26. The van der Waals surface area contributed by atoms with Crippen LogP contribution in [0.1, 0.15) is 15.9 Å². The number of hydrogen-bond acceptors (Lipinski definition) is 3. The lowest BCUT2D eigenvalue weighted by atomic mass is 10.1. The molecule has 0 atom stereocenters. The highest BCUT2D eigenvalue weighted by molar-refractivity contribution is 6.06. The van der Waals surface area contributed by atoms with Crippen LogP contribution in [0.2, 0.25) is 0 Å². The van der Waals surface area contributed by atoms with Gasteiger partial charge in [-0.05, 0) is 35.9 Å². The maximum Gasteiger partial charge on any atom is 0.337 e. The Bertz CT molecular complexity index is 690. The van der Waals surface area contributed by atoms with Crippen molar-refractivity contribution >= 4 is 23.6 Å². The van der Waals surface area contributed by atoms with Gasteiger partial charge < -0.3 is 15.5 Å². The van der Waals surface area contributed by atoms with E-state index in [0.29, 0.717) is 0 Å². The lowest BCUT2D eigenvalue weighted by molar-refractivity contribution is -0.111. The summed E-state index contributed by atoms with van der Waals surface area (Å²) in [6, 6.07) is 12.5. The Morgan fingerprint density at radius 2 is 1.67 bits per heavy atom. The molecule has 1 amide bonds. The molecule has 0 aromatic heterocycles. The highest BCUT2D eigenvalue weighted by Crippen LogP contribution is 2.15. The molecule has 3 N–H and O–H groups in total. The number of aromatic carboxylic acids is 1. The van der Waals surface area contributed by atoms with Crippen molar-refractivity contribution in [3.05, 3.63) is 65.7 Å². The summed E-state index contributed by atoms with van der Waals surface area (Å²) in [6.07, 6.45) is 2.86. The largest absolute Gasteiger partial charge is 0.508 e. The first kappa shape index (κ1) is 14.3. The quantitative estimate of drug-likeness (QED) is 0.753. The smallest absolute Gasteiger partial charge is 0.337 e. The van der Waals surface area contributed by atoms with Crippen LogP contribution in [0.15, 0.2) is 54.6 Å². The van der Waals surface area contributed by atoms with Gasteiger partial charge in [-0.15, -0.1) is 0 Å². The first-order valence-corrected chi connectivity index (χ1v) is 6.16. The topological polar surface area (TPSA) is 86.6 Å². The second-order valence-electron chi connectivity index (χ2n) is 4.26. The third kappa shape index (κ3) is 3.94. The Morgan fingerprint density at radius 3 is 2.33 bits per heavy atom. The number of aromatic hydroxyl groups is 1. The van der Waals surface area contributed by atoms with Gasteiger partial charge in [0.15, 0.2) is 0 Å². The number of amides is 1. The summed E-state index contributed by atoms with van der Waals surface area (Å²) in [7, 11) is 0. The Morgan fingerprint density at radius 1 is 1.00 bits per heavy atom. The second kappa shape index (κ2) is 6.38. The van der Waals surface area contributed by atoms with Crippen molar-refractivity contribution in [3.8, 4) is 5.75 Å². The van der Waals surface area contributed by atoms with Crippen LogP contribution in [0.25, 0.3) is 6.08 Å². The lowest BCUT2D eigenvalue weighted by Gasteiger charge is -2.05. The summed E-state index contributed by atoms with van der Waals surface area (Å²) in [5.74, 6) is -1.39. The number of benzene rings is 2. The molecule has 0 spiro atoms. The molecule has 0 aliphatic heterocycles. The van der Waals surface area contributed by atoms with Crippen LogP contribution >= 0.6 is 0 Å². The van der Waals surface area contributed by atoms with Crippen molar-refractivity contribution in [2.45, 2.75) is 0 Å². The molecule has 0 saturated heterocycles. The molecule has 0 unspecified atom stereocenters. The Hall–Kier alpha value is -3.08. The molecule has 21 heavy (non-hydrogen) atoms. The number of rotatable bonds is 4. The van der Waals surface area contributed by atoms with E-state index in [9.17, 15) is 9.59 Å². The number of carbonyl (C=O) groups excluding carboxylic acids is 1. The van der Waals surface area contributed by atoms with Gasteiger partial charge >= 0.3 is 5.97 Å². The first-order chi connectivity index (χ1) is 10.1. The van der Waals surface area contributed by atoms with Crippen LogP contribution in [0.5, 0.6) is 5.75 Å². The maximum absolute atomic E-state index is 11.8. The Kier molecular flexibility index (Phi) is 4.36. The minimum absolute atomic E-state index is 0.0314. The van der Waals surface area contributed by atoms with Crippen LogP contribution in [0.4, 0.5) is 5.69 Å². The van der Waals surface area contributed by atoms with Gasteiger partial charge in [0, 0.05) is 6.08 Å². The van der Waals surface area contributed by atoms with Crippen molar-refractivity contribution in [3.63, 3.8) is 0 Å². The molecule has 2 rings (SSSR count). The zero-order valence-electron chi connectivity index (χ0n) is 11.0. The van der Waals surface area contributed by atoms with E-state index in [4.69, 9.17) is 10.2 Å². The van der Waals surface area contributed by atoms with E-state index in [1.165, 1.54) is 30.3 Å². The molecular formula is C16H13NO4. The highest BCUT2D eigenvalue weighted by atomic mass is 16.4. The molecule has 5 nitrogen and oxygen atoms in total. The molecule has 0 radical (unpaired) electrons. The Labute approximate surface area is 121 Å². The third-order valence-electron chi connectivity index (χ3n) is 2.74. The van der Waals surface area contributed by atoms with Gasteiger partial charge in [-0.1, -0.05) is 24.3 Å². The van der Waals surface area contributed by atoms with Crippen LogP contribution in [-0.4, -0.2) is 22.1 Å². The number of anilines is 1. The highest BCUT2D eigenvalue weighted by Gasteiger charge is 2.09. The fourth-order valence-corrected chi connectivity index (χ4v) is 1.71. The SMILES string of the molecule is O=C(/C=C\c1ccc(O)cc1)Nc1ccccc1C(=O)O. The van der Waals surface area contributed by atoms with E-state index in [2.05, 4.69) is 5.32 Å². The van der Waals surface area contributed by atoms with Crippen molar-refractivity contribution in [1.29, 1.82) is 0 Å². The molecule has 0 aliphatic carbocycles. The zero-order valence-corrected chi connectivity index (χ0v) is 11.0. The molecule has 0 bridgehead atoms. The number of carboxylic acid groups (broad SMARTS) is 1. The molecule has 5 heteroatoms. The number of para-hydroxylation sites is 1. The maximum atomic E-state index is 11.8. The average Bonchev–Trinajstić information content (AvgIpc) is 2.47. The minimum atomic E-state index is -1.10. The van der Waals surface area contributed by atoms with Gasteiger partial charge in [0.2, 0.25) is 5.91 Å². The number of carboxylic acids is 1. The lowest BCUT2D eigenvalue weighted by Crippen LogP contribution is -2.11. The van der Waals surface area contributed by atoms with Crippen molar-refractivity contribution in [1.82, 2.24) is 0 Å². The van der Waals surface area contributed by atoms with Gasteiger partial charge in [0.25, 0.3) is 0 Å². The van der Waals surface area contributed by atoms with Gasteiger partial charge in [-0.25, -0.2) is 4.79 Å². The summed E-state index contributed by atoms with van der Waals surface area (Å²) < 4.78 is 0. The summed E-state index contributed by atoms with van der Waals surface area (Å²) in [5, 5.41) is 20.7. The predicted molar refractivity (Wildman–Crippen MR) is 79.2 cm³/mol. The molecular weight excluding hydrogens is 270 g/mol.